The lowest BCUT2D eigenvalue weighted by atomic mass is 9.81. The van der Waals surface area contributed by atoms with Crippen LogP contribution in [0.5, 0.6) is 0 Å². The van der Waals surface area contributed by atoms with E-state index in [4.69, 9.17) is 5.73 Å². The van der Waals surface area contributed by atoms with Crippen LogP contribution in [0.4, 0.5) is 17.6 Å². The van der Waals surface area contributed by atoms with E-state index in [9.17, 15) is 22.4 Å². The maximum atomic E-state index is 14.7. The number of likely N-dealkylation sites (N-methyl/N-ethyl adjacent to an activating group) is 1. The minimum Gasteiger partial charge on any atom is -0.369 e. The van der Waals surface area contributed by atoms with Crippen molar-refractivity contribution in [1.82, 2.24) is 14.9 Å². The molecule has 10 heteroatoms. The summed E-state index contributed by atoms with van der Waals surface area (Å²) in [6.07, 6.45) is 2.43. The Labute approximate surface area is 174 Å². The van der Waals surface area contributed by atoms with Gasteiger partial charge in [-0.3, -0.25) is 14.7 Å². The fourth-order valence-corrected chi connectivity index (χ4v) is 3.54. The van der Waals surface area contributed by atoms with Gasteiger partial charge in [0.15, 0.2) is 23.1 Å². The lowest BCUT2D eigenvalue weighted by Crippen LogP contribution is -2.41. The Morgan fingerprint density at radius 1 is 1.03 bits per heavy atom. The quantitative estimate of drug-likeness (QED) is 0.510. The van der Waals surface area contributed by atoms with Gasteiger partial charge in [-0.15, -0.1) is 0 Å². The van der Waals surface area contributed by atoms with Gasteiger partial charge < -0.3 is 5.73 Å². The SMILES string of the molecule is CN1C(=O)C(c2ccnc(CF)c2)(c2cc(F)c(F)c(-c3cccnc3F)c2)N=C1N. The number of nitrogens with zero attached hydrogens (tertiary/aromatic N) is 4. The Morgan fingerprint density at radius 2 is 1.81 bits per heavy atom. The third-order valence-electron chi connectivity index (χ3n) is 5.11. The number of benzene rings is 1. The Hall–Kier alpha value is -3.82. The summed E-state index contributed by atoms with van der Waals surface area (Å²) in [4.78, 5) is 25.9. The van der Waals surface area contributed by atoms with Gasteiger partial charge in [0.25, 0.3) is 5.91 Å². The summed E-state index contributed by atoms with van der Waals surface area (Å²) in [5.41, 5.74) is 3.22. The molecule has 0 fully saturated rings. The predicted molar refractivity (Wildman–Crippen MR) is 104 cm³/mol. The average Bonchev–Trinajstić information content (AvgIpc) is 3.01. The molecular formula is C21H15F4N5O. The van der Waals surface area contributed by atoms with Crippen molar-refractivity contribution >= 4 is 11.9 Å². The van der Waals surface area contributed by atoms with E-state index in [0.717, 1.165) is 23.2 Å². The highest BCUT2D eigenvalue weighted by molar-refractivity contribution is 6.09. The molecule has 158 valence electrons. The highest BCUT2D eigenvalue weighted by atomic mass is 19.2. The first-order chi connectivity index (χ1) is 14.8. The van der Waals surface area contributed by atoms with Gasteiger partial charge in [0.1, 0.15) is 6.67 Å². The monoisotopic (exact) mass is 429 g/mol. The number of rotatable bonds is 4. The first-order valence-corrected chi connectivity index (χ1v) is 9.05. The van der Waals surface area contributed by atoms with Crippen LogP contribution in [-0.4, -0.2) is 33.8 Å². The summed E-state index contributed by atoms with van der Waals surface area (Å²) < 4.78 is 56.8. The zero-order chi connectivity index (χ0) is 22.3. The molecule has 0 aliphatic carbocycles. The number of alkyl halides is 1. The maximum absolute atomic E-state index is 14.7. The van der Waals surface area contributed by atoms with Gasteiger partial charge in [0, 0.05) is 30.6 Å². The van der Waals surface area contributed by atoms with E-state index >= 15 is 0 Å². The summed E-state index contributed by atoms with van der Waals surface area (Å²) >= 11 is 0. The van der Waals surface area contributed by atoms with E-state index in [1.807, 2.05) is 0 Å². The van der Waals surface area contributed by atoms with E-state index in [-0.39, 0.29) is 28.3 Å². The smallest absolute Gasteiger partial charge is 0.266 e. The molecule has 1 amide bonds. The van der Waals surface area contributed by atoms with Crippen LogP contribution in [0.25, 0.3) is 11.1 Å². The molecule has 0 saturated carbocycles. The van der Waals surface area contributed by atoms with Gasteiger partial charge in [0.2, 0.25) is 5.95 Å². The molecule has 2 aromatic heterocycles. The molecule has 0 bridgehead atoms. The molecule has 0 spiro atoms. The average molecular weight is 429 g/mol. The Balaban J connectivity index is 2.04. The summed E-state index contributed by atoms with van der Waals surface area (Å²) in [7, 11) is 1.36. The molecule has 1 atom stereocenters. The third kappa shape index (κ3) is 3.11. The molecular weight excluding hydrogens is 414 g/mol. The second-order valence-corrected chi connectivity index (χ2v) is 6.88. The van der Waals surface area contributed by atoms with Crippen molar-refractivity contribution in [3.05, 3.63) is 83.2 Å². The largest absolute Gasteiger partial charge is 0.369 e. The lowest BCUT2D eigenvalue weighted by molar-refractivity contribution is -0.129. The van der Waals surface area contributed by atoms with Gasteiger partial charge in [-0.25, -0.2) is 23.1 Å². The standard InChI is InChI=1S/C21H15F4N5O/c1-30-19(31)21(29-20(30)26,11-4-6-27-13(7-11)10-22)12-8-15(17(24)16(23)9-12)14-3-2-5-28-18(14)25/h2-9H,10H2,1H3,(H2,26,29). The molecule has 2 N–H and O–H groups in total. The van der Waals surface area contributed by atoms with Crippen LogP contribution in [0.1, 0.15) is 16.8 Å². The highest BCUT2D eigenvalue weighted by Gasteiger charge is 2.50. The maximum Gasteiger partial charge on any atom is 0.266 e. The first-order valence-electron chi connectivity index (χ1n) is 9.05. The summed E-state index contributed by atoms with van der Waals surface area (Å²) in [6, 6.07) is 7.18. The van der Waals surface area contributed by atoms with Crippen LogP contribution in [0.2, 0.25) is 0 Å². The van der Waals surface area contributed by atoms with Crippen molar-refractivity contribution in [2.45, 2.75) is 12.2 Å². The van der Waals surface area contributed by atoms with Crippen molar-refractivity contribution in [3.8, 4) is 11.1 Å². The Bertz CT molecular complexity index is 1230. The highest BCUT2D eigenvalue weighted by Crippen LogP contribution is 2.42. The minimum absolute atomic E-state index is 0.00844. The molecule has 0 saturated heterocycles. The molecule has 3 aromatic rings. The number of nitrogens with two attached hydrogens (primary N) is 1. The fraction of sp³-hybridized carbons (Fsp3) is 0.143. The molecule has 1 unspecified atom stereocenters. The normalized spacial score (nSPS) is 18.4. The van der Waals surface area contributed by atoms with Gasteiger partial charge in [0.05, 0.1) is 5.69 Å². The van der Waals surface area contributed by atoms with Crippen molar-refractivity contribution in [1.29, 1.82) is 0 Å². The van der Waals surface area contributed by atoms with Crippen LogP contribution in [0, 0.1) is 17.6 Å². The second-order valence-electron chi connectivity index (χ2n) is 6.88. The lowest BCUT2D eigenvalue weighted by Gasteiger charge is -2.27. The number of hydrogen-bond acceptors (Lipinski definition) is 5. The van der Waals surface area contributed by atoms with Crippen molar-refractivity contribution in [2.75, 3.05) is 7.05 Å². The minimum atomic E-state index is -1.94. The van der Waals surface area contributed by atoms with E-state index in [1.165, 1.54) is 37.5 Å². The molecule has 1 aliphatic rings. The number of amides is 1. The molecule has 4 rings (SSSR count). The number of aliphatic imine (C=N–C) groups is 1. The van der Waals surface area contributed by atoms with Crippen molar-refractivity contribution < 1.29 is 22.4 Å². The summed E-state index contributed by atoms with van der Waals surface area (Å²) in [5, 5.41) is 0. The first kappa shape index (κ1) is 20.5. The van der Waals surface area contributed by atoms with E-state index in [1.54, 1.807) is 0 Å². The van der Waals surface area contributed by atoms with Crippen LogP contribution in [0.3, 0.4) is 0 Å². The number of guanidine groups is 1. The van der Waals surface area contributed by atoms with Crippen molar-refractivity contribution in [3.63, 3.8) is 0 Å². The number of pyridine rings is 2. The summed E-state index contributed by atoms with van der Waals surface area (Å²) in [5.74, 6) is -4.52. The molecule has 3 heterocycles. The Morgan fingerprint density at radius 3 is 2.45 bits per heavy atom. The number of halogens is 4. The van der Waals surface area contributed by atoms with Crippen molar-refractivity contribution in [2.24, 2.45) is 10.7 Å². The number of aromatic nitrogens is 2. The van der Waals surface area contributed by atoms with Crippen LogP contribution in [0.15, 0.2) is 53.8 Å². The zero-order valence-electron chi connectivity index (χ0n) is 16.1. The van der Waals surface area contributed by atoms with Gasteiger partial charge >= 0.3 is 0 Å². The van der Waals surface area contributed by atoms with E-state index in [0.29, 0.717) is 0 Å². The molecule has 1 aliphatic heterocycles. The Kier molecular flexibility index (Phi) is 4.92. The fourth-order valence-electron chi connectivity index (χ4n) is 3.54. The van der Waals surface area contributed by atoms with Crippen LogP contribution >= 0.6 is 0 Å². The zero-order valence-corrected chi connectivity index (χ0v) is 16.1. The second kappa shape index (κ2) is 7.46. The van der Waals surface area contributed by atoms with Gasteiger partial charge in [-0.1, -0.05) is 0 Å². The number of carbonyl (C=O) groups is 1. The van der Waals surface area contributed by atoms with Gasteiger partial charge in [-0.2, -0.15) is 4.39 Å². The molecule has 31 heavy (non-hydrogen) atoms. The molecule has 6 nitrogen and oxygen atoms in total. The van der Waals surface area contributed by atoms with E-state index < -0.39 is 41.3 Å². The molecule has 1 aromatic carbocycles. The third-order valence-corrected chi connectivity index (χ3v) is 5.11. The number of carbonyl (C=O) groups excluding carboxylic acids is 1. The van der Waals surface area contributed by atoms with E-state index in [2.05, 4.69) is 15.0 Å². The topological polar surface area (TPSA) is 84.5 Å². The van der Waals surface area contributed by atoms with Crippen LogP contribution in [-0.2, 0) is 17.0 Å². The predicted octanol–water partition coefficient (Wildman–Crippen LogP) is 3.06. The number of hydrogen-bond donors (Lipinski definition) is 1. The molecule has 0 radical (unpaired) electrons. The summed E-state index contributed by atoms with van der Waals surface area (Å²) in [6.45, 7) is -0.920. The van der Waals surface area contributed by atoms with Crippen LogP contribution < -0.4 is 5.73 Å². The van der Waals surface area contributed by atoms with Gasteiger partial charge in [-0.05, 0) is 47.5 Å².